The summed E-state index contributed by atoms with van der Waals surface area (Å²) in [6, 6.07) is 7.24. The van der Waals surface area contributed by atoms with E-state index >= 15 is 0 Å². The minimum Gasteiger partial charge on any atom is -0.399 e. The molecule has 0 spiro atoms. The summed E-state index contributed by atoms with van der Waals surface area (Å²) in [7, 11) is 0. The van der Waals surface area contributed by atoms with Gasteiger partial charge in [-0.1, -0.05) is 25.8 Å². The molecular formula is C17H27N3O. The van der Waals surface area contributed by atoms with Crippen molar-refractivity contribution in [1.82, 2.24) is 4.90 Å². The zero-order chi connectivity index (χ0) is 15.2. The number of nitrogens with one attached hydrogen (secondary N) is 1. The minimum absolute atomic E-state index is 0.0505. The van der Waals surface area contributed by atoms with Crippen molar-refractivity contribution in [2.45, 2.75) is 45.6 Å². The number of benzene rings is 1. The minimum atomic E-state index is -0.0889. The van der Waals surface area contributed by atoms with Crippen molar-refractivity contribution >= 4 is 17.3 Å². The summed E-state index contributed by atoms with van der Waals surface area (Å²) in [4.78, 5) is 14.6. The predicted octanol–water partition coefficient (Wildman–Crippen LogP) is 3.11. The topological polar surface area (TPSA) is 58.4 Å². The van der Waals surface area contributed by atoms with Gasteiger partial charge in [-0.25, -0.2) is 0 Å². The van der Waals surface area contributed by atoms with E-state index in [9.17, 15) is 4.79 Å². The third-order valence-corrected chi connectivity index (χ3v) is 4.43. The fraction of sp³-hybridized carbons (Fsp3) is 0.588. The summed E-state index contributed by atoms with van der Waals surface area (Å²) in [5, 5.41) is 2.96. The highest BCUT2D eigenvalue weighted by Crippen LogP contribution is 2.23. The van der Waals surface area contributed by atoms with Crippen LogP contribution in [-0.2, 0) is 4.79 Å². The highest BCUT2D eigenvalue weighted by Gasteiger charge is 2.26. The van der Waals surface area contributed by atoms with Gasteiger partial charge in [0.2, 0.25) is 5.91 Å². The van der Waals surface area contributed by atoms with Gasteiger partial charge in [0.15, 0.2) is 0 Å². The van der Waals surface area contributed by atoms with Crippen LogP contribution < -0.4 is 11.1 Å². The molecule has 1 unspecified atom stereocenters. The second-order valence-corrected chi connectivity index (χ2v) is 6.06. The van der Waals surface area contributed by atoms with E-state index in [1.807, 2.05) is 25.1 Å². The summed E-state index contributed by atoms with van der Waals surface area (Å²) in [5.74, 6) is 0.893. The first kappa shape index (κ1) is 15.8. The second kappa shape index (κ2) is 7.46. The Bertz CT molecular complexity index is 467. The van der Waals surface area contributed by atoms with Crippen molar-refractivity contribution < 1.29 is 4.79 Å². The highest BCUT2D eigenvalue weighted by atomic mass is 16.2. The lowest BCUT2D eigenvalue weighted by molar-refractivity contribution is -0.121. The van der Waals surface area contributed by atoms with E-state index in [0.717, 1.165) is 24.7 Å². The van der Waals surface area contributed by atoms with E-state index in [4.69, 9.17) is 5.73 Å². The molecular weight excluding hydrogens is 262 g/mol. The molecule has 1 aliphatic heterocycles. The highest BCUT2D eigenvalue weighted by molar-refractivity contribution is 5.94. The Morgan fingerprint density at radius 1 is 1.43 bits per heavy atom. The van der Waals surface area contributed by atoms with Crippen molar-refractivity contribution in [2.75, 3.05) is 24.1 Å². The van der Waals surface area contributed by atoms with Crippen LogP contribution in [0.5, 0.6) is 0 Å². The molecule has 0 aromatic heterocycles. The summed E-state index contributed by atoms with van der Waals surface area (Å²) < 4.78 is 0. The number of amides is 1. The van der Waals surface area contributed by atoms with Crippen LogP contribution in [0.4, 0.5) is 11.4 Å². The average molecular weight is 289 g/mol. The number of carbonyl (C=O) groups is 1. The van der Waals surface area contributed by atoms with E-state index in [1.165, 1.54) is 25.7 Å². The number of likely N-dealkylation sites (tertiary alicyclic amines) is 1. The number of rotatable bonds is 5. The van der Waals surface area contributed by atoms with E-state index in [0.29, 0.717) is 5.69 Å². The van der Waals surface area contributed by atoms with E-state index in [1.54, 1.807) is 6.07 Å². The molecule has 1 heterocycles. The molecule has 1 aliphatic rings. The Kier molecular flexibility index (Phi) is 5.62. The lowest BCUT2D eigenvalue weighted by Gasteiger charge is -2.35. The quantitative estimate of drug-likeness (QED) is 0.819. The van der Waals surface area contributed by atoms with Crippen LogP contribution in [0.25, 0.3) is 0 Å². The average Bonchev–Trinajstić information content (AvgIpc) is 2.47. The molecule has 21 heavy (non-hydrogen) atoms. The smallest absolute Gasteiger partial charge is 0.241 e. The molecule has 1 aromatic rings. The maximum atomic E-state index is 12.3. The zero-order valence-electron chi connectivity index (χ0n) is 13.1. The van der Waals surface area contributed by atoms with Crippen LogP contribution in [0.2, 0.25) is 0 Å². The SMILES string of the molecule is CCCC1CCN(C(C)C(=O)Nc2cccc(N)c2)CC1. The number of piperidine rings is 1. The normalized spacial score (nSPS) is 18.4. The number of carbonyl (C=O) groups excluding carboxylic acids is 1. The lowest BCUT2D eigenvalue weighted by Crippen LogP contribution is -2.46. The van der Waals surface area contributed by atoms with Crippen molar-refractivity contribution in [3.05, 3.63) is 24.3 Å². The predicted molar refractivity (Wildman–Crippen MR) is 88.2 cm³/mol. The Morgan fingerprint density at radius 2 is 2.14 bits per heavy atom. The van der Waals surface area contributed by atoms with Crippen LogP contribution >= 0.6 is 0 Å². The maximum absolute atomic E-state index is 12.3. The van der Waals surface area contributed by atoms with Gasteiger partial charge in [-0.2, -0.15) is 0 Å². The Hall–Kier alpha value is -1.55. The zero-order valence-corrected chi connectivity index (χ0v) is 13.1. The number of hydrogen-bond donors (Lipinski definition) is 2. The van der Waals surface area contributed by atoms with Crippen LogP contribution in [0.3, 0.4) is 0 Å². The van der Waals surface area contributed by atoms with Gasteiger partial charge in [-0.3, -0.25) is 9.69 Å². The van der Waals surface area contributed by atoms with Crippen molar-refractivity contribution in [3.8, 4) is 0 Å². The van der Waals surface area contributed by atoms with Gasteiger partial charge < -0.3 is 11.1 Å². The van der Waals surface area contributed by atoms with E-state index in [2.05, 4.69) is 17.1 Å². The molecule has 4 nitrogen and oxygen atoms in total. The van der Waals surface area contributed by atoms with Gasteiger partial charge >= 0.3 is 0 Å². The largest absolute Gasteiger partial charge is 0.399 e. The number of hydrogen-bond acceptors (Lipinski definition) is 3. The van der Waals surface area contributed by atoms with Gasteiger partial charge in [0.05, 0.1) is 6.04 Å². The Balaban J connectivity index is 1.85. The second-order valence-electron chi connectivity index (χ2n) is 6.06. The molecule has 2 rings (SSSR count). The van der Waals surface area contributed by atoms with Crippen LogP contribution in [-0.4, -0.2) is 29.9 Å². The molecule has 4 heteroatoms. The number of nitrogens with zero attached hydrogens (tertiary/aromatic N) is 1. The van der Waals surface area contributed by atoms with Crippen molar-refractivity contribution in [1.29, 1.82) is 0 Å². The van der Waals surface area contributed by atoms with Crippen LogP contribution in [0.1, 0.15) is 39.5 Å². The third-order valence-electron chi connectivity index (χ3n) is 4.43. The number of nitrogens with two attached hydrogens (primary N) is 1. The van der Waals surface area contributed by atoms with Gasteiger partial charge in [0.1, 0.15) is 0 Å². The molecule has 0 radical (unpaired) electrons. The molecule has 0 aliphatic carbocycles. The first-order valence-corrected chi connectivity index (χ1v) is 8.00. The molecule has 1 amide bonds. The molecule has 3 N–H and O–H groups in total. The third kappa shape index (κ3) is 4.46. The molecule has 116 valence electrons. The molecule has 1 atom stereocenters. The Labute approximate surface area is 127 Å². The number of nitrogen functional groups attached to an aromatic ring is 1. The van der Waals surface area contributed by atoms with Crippen LogP contribution in [0, 0.1) is 5.92 Å². The maximum Gasteiger partial charge on any atom is 0.241 e. The Morgan fingerprint density at radius 3 is 2.76 bits per heavy atom. The fourth-order valence-electron chi connectivity index (χ4n) is 3.07. The molecule has 1 aromatic carbocycles. The molecule has 1 saturated heterocycles. The summed E-state index contributed by atoms with van der Waals surface area (Å²) in [6.45, 7) is 6.28. The van der Waals surface area contributed by atoms with Crippen molar-refractivity contribution in [3.63, 3.8) is 0 Å². The van der Waals surface area contributed by atoms with E-state index < -0.39 is 0 Å². The summed E-state index contributed by atoms with van der Waals surface area (Å²) >= 11 is 0. The first-order chi connectivity index (χ1) is 10.1. The molecule has 1 fully saturated rings. The number of anilines is 2. The van der Waals surface area contributed by atoms with Crippen LogP contribution in [0.15, 0.2) is 24.3 Å². The van der Waals surface area contributed by atoms with E-state index in [-0.39, 0.29) is 11.9 Å². The standard InChI is InChI=1S/C17H27N3O/c1-3-5-14-8-10-20(11-9-14)13(2)17(21)19-16-7-4-6-15(18)12-16/h4,6-7,12-14H,3,5,8-11,18H2,1-2H3,(H,19,21). The monoisotopic (exact) mass is 289 g/mol. The molecule has 0 saturated carbocycles. The van der Waals surface area contributed by atoms with Gasteiger partial charge in [-0.15, -0.1) is 0 Å². The van der Waals surface area contributed by atoms with Crippen molar-refractivity contribution in [2.24, 2.45) is 5.92 Å². The van der Waals surface area contributed by atoms with Gasteiger partial charge in [0.25, 0.3) is 0 Å². The molecule has 0 bridgehead atoms. The summed E-state index contributed by atoms with van der Waals surface area (Å²) in [6.07, 6.45) is 5.00. The lowest BCUT2D eigenvalue weighted by atomic mass is 9.92. The fourth-order valence-corrected chi connectivity index (χ4v) is 3.07. The summed E-state index contributed by atoms with van der Waals surface area (Å²) in [5.41, 5.74) is 7.17. The van der Waals surface area contributed by atoms with Gasteiger partial charge in [-0.05, 0) is 57.0 Å². The van der Waals surface area contributed by atoms with Gasteiger partial charge in [0, 0.05) is 11.4 Å². The first-order valence-electron chi connectivity index (χ1n) is 8.00.